The average molecular weight is 261 g/mol. The Bertz CT molecular complexity index is 473. The maximum atomic E-state index is 12.2. The number of aliphatic hydroxyl groups is 1. The first kappa shape index (κ1) is 14.1. The van der Waals surface area contributed by atoms with Gasteiger partial charge in [0.15, 0.2) is 0 Å². The van der Waals surface area contributed by atoms with Gasteiger partial charge in [-0.05, 0) is 13.8 Å². The molecule has 0 aliphatic heterocycles. The van der Waals surface area contributed by atoms with Gasteiger partial charge in [0.2, 0.25) is 10.0 Å². The monoisotopic (exact) mass is 261 g/mol. The van der Waals surface area contributed by atoms with Crippen molar-refractivity contribution >= 4 is 10.0 Å². The minimum atomic E-state index is -3.57. The van der Waals surface area contributed by atoms with Crippen LogP contribution in [0, 0.1) is 0 Å². The molecule has 1 rings (SSSR count). The highest BCUT2D eigenvalue weighted by atomic mass is 32.2. The zero-order valence-corrected chi connectivity index (χ0v) is 11.4. The van der Waals surface area contributed by atoms with E-state index in [1.165, 1.54) is 21.4 Å². The molecule has 1 N–H and O–H groups in total. The van der Waals surface area contributed by atoms with E-state index in [9.17, 15) is 13.5 Å². The molecule has 0 amide bonds. The van der Waals surface area contributed by atoms with E-state index in [4.69, 9.17) is 0 Å². The third-order valence-electron chi connectivity index (χ3n) is 2.23. The molecule has 0 saturated carbocycles. The Morgan fingerprint density at radius 1 is 1.53 bits per heavy atom. The van der Waals surface area contributed by atoms with Crippen molar-refractivity contribution in [2.75, 3.05) is 13.1 Å². The number of nitrogens with zero attached hydrogens (tertiary/aromatic N) is 3. The number of aromatic nitrogens is 2. The van der Waals surface area contributed by atoms with Gasteiger partial charge in [0.25, 0.3) is 0 Å². The summed E-state index contributed by atoms with van der Waals surface area (Å²) < 4.78 is 27.1. The quantitative estimate of drug-likeness (QED) is 0.821. The lowest BCUT2D eigenvalue weighted by molar-refractivity contribution is 0.0601. The van der Waals surface area contributed by atoms with Gasteiger partial charge in [0.05, 0.1) is 11.8 Å². The third kappa shape index (κ3) is 3.52. The number of aryl methyl sites for hydroxylation is 1. The second-order valence-corrected chi connectivity index (χ2v) is 6.53. The minimum absolute atomic E-state index is 0.0563. The molecule has 6 nitrogen and oxygen atoms in total. The lowest BCUT2D eigenvalue weighted by atomic mass is 10.1. The fourth-order valence-electron chi connectivity index (χ4n) is 1.48. The first-order chi connectivity index (χ1) is 7.66. The van der Waals surface area contributed by atoms with Crippen LogP contribution in [0.3, 0.4) is 0 Å². The summed E-state index contributed by atoms with van der Waals surface area (Å²) in [6.45, 7) is 5.25. The van der Waals surface area contributed by atoms with Gasteiger partial charge in [-0.1, -0.05) is 6.92 Å². The molecule has 0 aliphatic carbocycles. The summed E-state index contributed by atoms with van der Waals surface area (Å²) in [5.74, 6) is 0. The predicted octanol–water partition coefficient (Wildman–Crippen LogP) is 0.202. The van der Waals surface area contributed by atoms with Crippen molar-refractivity contribution in [2.24, 2.45) is 7.05 Å². The van der Waals surface area contributed by atoms with Gasteiger partial charge in [-0.2, -0.15) is 9.40 Å². The number of hydrogen-bond donors (Lipinski definition) is 1. The van der Waals surface area contributed by atoms with Crippen molar-refractivity contribution < 1.29 is 13.5 Å². The molecule has 0 unspecified atom stereocenters. The van der Waals surface area contributed by atoms with Gasteiger partial charge in [-0.15, -0.1) is 0 Å². The van der Waals surface area contributed by atoms with Crippen molar-refractivity contribution in [3.8, 4) is 0 Å². The first-order valence-electron chi connectivity index (χ1n) is 5.38. The third-order valence-corrected chi connectivity index (χ3v) is 4.11. The zero-order valence-electron chi connectivity index (χ0n) is 10.6. The topological polar surface area (TPSA) is 75.4 Å². The highest BCUT2D eigenvalue weighted by Crippen LogP contribution is 2.17. The summed E-state index contributed by atoms with van der Waals surface area (Å²) in [4.78, 5) is 0.145. The molecule has 0 saturated heterocycles. The Labute approximate surface area is 102 Å². The molecule has 0 fully saturated rings. The van der Waals surface area contributed by atoms with E-state index in [1.807, 2.05) is 0 Å². The van der Waals surface area contributed by atoms with Crippen molar-refractivity contribution in [2.45, 2.75) is 31.3 Å². The average Bonchev–Trinajstić information content (AvgIpc) is 2.60. The van der Waals surface area contributed by atoms with E-state index in [1.54, 1.807) is 27.8 Å². The zero-order chi connectivity index (χ0) is 13.3. The normalized spacial score (nSPS) is 13.3. The maximum absolute atomic E-state index is 12.2. The lowest BCUT2D eigenvalue weighted by Gasteiger charge is -2.26. The lowest BCUT2D eigenvalue weighted by Crippen LogP contribution is -2.41. The molecule has 0 bridgehead atoms. The van der Waals surface area contributed by atoms with E-state index in [2.05, 4.69) is 5.10 Å². The van der Waals surface area contributed by atoms with Crippen LogP contribution >= 0.6 is 0 Å². The van der Waals surface area contributed by atoms with E-state index in [0.717, 1.165) is 0 Å². The van der Waals surface area contributed by atoms with E-state index >= 15 is 0 Å². The highest BCUT2D eigenvalue weighted by molar-refractivity contribution is 7.89. The Balaban J connectivity index is 3.03. The number of rotatable bonds is 5. The summed E-state index contributed by atoms with van der Waals surface area (Å²) in [5.41, 5.74) is -1.06. The van der Waals surface area contributed by atoms with Crippen LogP contribution in [0.4, 0.5) is 0 Å². The van der Waals surface area contributed by atoms with Gasteiger partial charge >= 0.3 is 0 Å². The number of likely N-dealkylation sites (N-methyl/N-ethyl adjacent to an activating group) is 1. The fraction of sp³-hybridized carbons (Fsp3) is 0.700. The van der Waals surface area contributed by atoms with Gasteiger partial charge in [-0.3, -0.25) is 4.68 Å². The van der Waals surface area contributed by atoms with Gasteiger partial charge in [0, 0.05) is 26.3 Å². The van der Waals surface area contributed by atoms with Crippen LogP contribution in [-0.4, -0.2) is 46.3 Å². The molecule has 0 aromatic carbocycles. The van der Waals surface area contributed by atoms with Gasteiger partial charge < -0.3 is 5.11 Å². The molecule has 0 aliphatic rings. The number of sulfonamides is 1. The summed E-state index contributed by atoms with van der Waals surface area (Å²) in [6, 6.07) is 0. The van der Waals surface area contributed by atoms with E-state index in [0.29, 0.717) is 6.54 Å². The van der Waals surface area contributed by atoms with Crippen LogP contribution in [-0.2, 0) is 17.1 Å². The molecule has 1 aromatic heterocycles. The predicted molar refractivity (Wildman–Crippen MR) is 63.9 cm³/mol. The Morgan fingerprint density at radius 3 is 2.47 bits per heavy atom. The van der Waals surface area contributed by atoms with Crippen LogP contribution in [0.2, 0.25) is 0 Å². The second-order valence-electron chi connectivity index (χ2n) is 4.59. The first-order valence-corrected chi connectivity index (χ1v) is 6.82. The van der Waals surface area contributed by atoms with Crippen molar-refractivity contribution in [3.05, 3.63) is 12.4 Å². The molecular formula is C10H19N3O3S. The summed E-state index contributed by atoms with van der Waals surface area (Å²) >= 11 is 0. The van der Waals surface area contributed by atoms with Crippen LogP contribution in [0.1, 0.15) is 20.8 Å². The highest BCUT2D eigenvalue weighted by Gasteiger charge is 2.29. The summed E-state index contributed by atoms with van der Waals surface area (Å²) in [7, 11) is -1.92. The molecule has 98 valence electrons. The van der Waals surface area contributed by atoms with Crippen LogP contribution in [0.25, 0.3) is 0 Å². The largest absolute Gasteiger partial charge is 0.389 e. The van der Waals surface area contributed by atoms with Gasteiger partial charge in [0.1, 0.15) is 4.90 Å². The Morgan fingerprint density at radius 2 is 2.12 bits per heavy atom. The van der Waals surface area contributed by atoms with Crippen LogP contribution < -0.4 is 0 Å². The molecule has 17 heavy (non-hydrogen) atoms. The van der Waals surface area contributed by atoms with Crippen LogP contribution in [0.5, 0.6) is 0 Å². The molecule has 0 radical (unpaired) electrons. The molecule has 1 heterocycles. The summed E-state index contributed by atoms with van der Waals surface area (Å²) in [6.07, 6.45) is 2.75. The van der Waals surface area contributed by atoms with Gasteiger partial charge in [-0.25, -0.2) is 8.42 Å². The standard InChI is InChI=1S/C10H19N3O3S/c1-5-13(8-10(2,3)14)17(15,16)9-6-11-12(4)7-9/h6-7,14H,5,8H2,1-4H3. The van der Waals surface area contributed by atoms with E-state index < -0.39 is 15.6 Å². The van der Waals surface area contributed by atoms with Crippen molar-refractivity contribution in [1.82, 2.24) is 14.1 Å². The molecule has 1 aromatic rings. The van der Waals surface area contributed by atoms with E-state index in [-0.39, 0.29) is 11.4 Å². The Kier molecular flexibility index (Phi) is 3.95. The SMILES string of the molecule is CCN(CC(C)(C)O)S(=O)(=O)c1cnn(C)c1. The fourth-order valence-corrected chi connectivity index (χ4v) is 3.07. The number of hydrogen-bond acceptors (Lipinski definition) is 4. The molecule has 7 heteroatoms. The molecular weight excluding hydrogens is 242 g/mol. The molecule has 0 spiro atoms. The van der Waals surface area contributed by atoms with Crippen molar-refractivity contribution in [1.29, 1.82) is 0 Å². The van der Waals surface area contributed by atoms with Crippen molar-refractivity contribution in [3.63, 3.8) is 0 Å². The minimum Gasteiger partial charge on any atom is -0.389 e. The smallest absolute Gasteiger partial charge is 0.246 e. The second kappa shape index (κ2) is 4.75. The maximum Gasteiger partial charge on any atom is 0.246 e. The summed E-state index contributed by atoms with van der Waals surface area (Å²) in [5, 5.41) is 13.6. The van der Waals surface area contributed by atoms with Crippen LogP contribution in [0.15, 0.2) is 17.3 Å². The Hall–Kier alpha value is -0.920. The molecule has 0 atom stereocenters.